The van der Waals surface area contributed by atoms with Crippen LogP contribution in [0.1, 0.15) is 13.8 Å². The minimum Gasteiger partial charge on any atom is -0.390 e. The summed E-state index contributed by atoms with van der Waals surface area (Å²) < 4.78 is 1.32. The Morgan fingerprint density at radius 1 is 1.67 bits per heavy atom. The van der Waals surface area contributed by atoms with Crippen molar-refractivity contribution in [2.45, 2.75) is 31.4 Å². The van der Waals surface area contributed by atoms with Crippen molar-refractivity contribution in [2.24, 2.45) is 5.92 Å². The molecular formula is C10H17BrN4O3. The highest BCUT2D eigenvalue weighted by Crippen LogP contribution is 2.10. The van der Waals surface area contributed by atoms with Gasteiger partial charge in [-0.25, -0.2) is 4.57 Å². The molecule has 0 aromatic carbocycles. The van der Waals surface area contributed by atoms with Crippen LogP contribution in [0.4, 0.5) is 5.95 Å². The molecular weight excluding hydrogens is 304 g/mol. The third-order valence-electron chi connectivity index (χ3n) is 2.40. The Bertz CT molecular complexity index is 396. The fourth-order valence-electron chi connectivity index (χ4n) is 1.39. The largest absolute Gasteiger partial charge is 0.434 e. The molecule has 2 N–H and O–H groups in total. The fraction of sp³-hybridized carbons (Fsp3) is 0.700. The second-order valence-corrected chi connectivity index (χ2v) is 5.33. The van der Waals surface area contributed by atoms with Crippen molar-refractivity contribution in [2.75, 3.05) is 6.54 Å². The lowest BCUT2D eigenvalue weighted by atomic mass is 10.2. The summed E-state index contributed by atoms with van der Waals surface area (Å²) >= 11 is 3.44. The Balaban J connectivity index is 2.47. The summed E-state index contributed by atoms with van der Waals surface area (Å²) in [5, 5.41) is 23.5. The Morgan fingerprint density at radius 3 is 2.89 bits per heavy atom. The van der Waals surface area contributed by atoms with Gasteiger partial charge < -0.3 is 20.5 Å². The topological polar surface area (TPSA) is 93.2 Å². The second kappa shape index (κ2) is 6.81. The number of nitro groups is 1. The van der Waals surface area contributed by atoms with Gasteiger partial charge in [-0.05, 0) is 10.8 Å². The van der Waals surface area contributed by atoms with E-state index in [1.54, 1.807) is 0 Å². The lowest BCUT2D eigenvalue weighted by Gasteiger charge is -2.18. The van der Waals surface area contributed by atoms with Crippen molar-refractivity contribution in [1.82, 2.24) is 14.9 Å². The van der Waals surface area contributed by atoms with E-state index in [0.29, 0.717) is 12.5 Å². The molecule has 1 rings (SSSR count). The van der Waals surface area contributed by atoms with Gasteiger partial charge in [-0.2, -0.15) is 0 Å². The quantitative estimate of drug-likeness (QED) is 0.340. The van der Waals surface area contributed by atoms with E-state index in [4.69, 9.17) is 0 Å². The molecule has 0 saturated carbocycles. The van der Waals surface area contributed by atoms with Crippen LogP contribution in [-0.2, 0) is 6.54 Å². The van der Waals surface area contributed by atoms with Gasteiger partial charge in [0.2, 0.25) is 0 Å². The third-order valence-corrected chi connectivity index (χ3v) is 3.78. The summed E-state index contributed by atoms with van der Waals surface area (Å²) in [5.41, 5.74) is 0. The summed E-state index contributed by atoms with van der Waals surface area (Å²) in [5.74, 6) is 0.132. The fourth-order valence-corrected chi connectivity index (χ4v) is 1.58. The van der Waals surface area contributed by atoms with E-state index >= 15 is 0 Å². The second-order valence-electron chi connectivity index (χ2n) is 4.34. The van der Waals surface area contributed by atoms with Gasteiger partial charge >= 0.3 is 5.95 Å². The molecule has 0 saturated heterocycles. The Morgan fingerprint density at radius 2 is 2.33 bits per heavy atom. The maximum Gasteiger partial charge on any atom is 0.434 e. The van der Waals surface area contributed by atoms with Gasteiger partial charge in [0, 0.05) is 6.54 Å². The maximum absolute atomic E-state index is 10.6. The maximum atomic E-state index is 10.6. The molecule has 8 heteroatoms. The molecule has 102 valence electrons. The molecule has 0 bridgehead atoms. The minimum absolute atomic E-state index is 0.102. The molecule has 7 nitrogen and oxygen atoms in total. The van der Waals surface area contributed by atoms with Crippen molar-refractivity contribution < 1.29 is 10.0 Å². The van der Waals surface area contributed by atoms with Gasteiger partial charge in [-0.1, -0.05) is 34.8 Å². The normalized spacial score (nSPS) is 14.7. The third kappa shape index (κ3) is 4.35. The first-order valence-electron chi connectivity index (χ1n) is 5.63. The molecule has 0 amide bonds. The molecule has 0 aliphatic heterocycles. The van der Waals surface area contributed by atoms with Crippen molar-refractivity contribution in [3.05, 3.63) is 22.5 Å². The number of rotatable bonds is 7. The number of alkyl halides is 1. The number of hydrogen-bond donors (Lipinski definition) is 2. The molecule has 0 spiro atoms. The number of aromatic nitrogens is 2. The molecule has 1 heterocycles. The Labute approximate surface area is 113 Å². The number of aliphatic hydroxyl groups is 1. The smallest absolute Gasteiger partial charge is 0.390 e. The predicted octanol–water partition coefficient (Wildman–Crippen LogP) is 1.12. The zero-order chi connectivity index (χ0) is 13.7. The first-order valence-corrected chi connectivity index (χ1v) is 6.54. The van der Waals surface area contributed by atoms with Crippen LogP contribution in [0.2, 0.25) is 0 Å². The number of hydrogen-bond acceptors (Lipinski definition) is 5. The van der Waals surface area contributed by atoms with Gasteiger partial charge in [0.25, 0.3) is 0 Å². The zero-order valence-electron chi connectivity index (χ0n) is 10.3. The van der Waals surface area contributed by atoms with Gasteiger partial charge in [-0.15, -0.1) is 0 Å². The highest BCUT2D eigenvalue weighted by molar-refractivity contribution is 9.09. The average molecular weight is 321 g/mol. The number of imidazole rings is 1. The van der Waals surface area contributed by atoms with E-state index in [2.05, 4.69) is 26.2 Å². The van der Waals surface area contributed by atoms with Crippen LogP contribution in [0.5, 0.6) is 0 Å². The highest BCUT2D eigenvalue weighted by Gasteiger charge is 2.18. The molecule has 0 radical (unpaired) electrons. The van der Waals surface area contributed by atoms with Crippen LogP contribution in [0.15, 0.2) is 12.4 Å². The summed E-state index contributed by atoms with van der Waals surface area (Å²) in [6.07, 6.45) is 2.12. The van der Waals surface area contributed by atoms with Crippen LogP contribution in [-0.4, -0.2) is 37.2 Å². The lowest BCUT2D eigenvalue weighted by Crippen LogP contribution is -2.36. The molecule has 18 heavy (non-hydrogen) atoms. The van der Waals surface area contributed by atoms with Crippen LogP contribution in [0.3, 0.4) is 0 Å². The van der Waals surface area contributed by atoms with Gasteiger partial charge in [0.15, 0.2) is 0 Å². The zero-order valence-corrected chi connectivity index (χ0v) is 11.9. The summed E-state index contributed by atoms with van der Waals surface area (Å²) in [6.45, 7) is 4.57. The van der Waals surface area contributed by atoms with Gasteiger partial charge in [-0.3, -0.25) is 0 Å². The van der Waals surface area contributed by atoms with Crippen LogP contribution >= 0.6 is 15.9 Å². The summed E-state index contributed by atoms with van der Waals surface area (Å²) in [6, 6.07) is 0. The predicted molar refractivity (Wildman–Crippen MR) is 70.4 cm³/mol. The van der Waals surface area contributed by atoms with Crippen molar-refractivity contribution in [3.63, 3.8) is 0 Å². The standard InChI is InChI=1S/C10H17BrN4O3/c1-7(2)9(11)13-5-8(16)6-14-4-3-12-10(14)15(17)18/h3-4,7-9,13,16H,5-6H2,1-2H3. The Hall–Kier alpha value is -0.990. The van der Waals surface area contributed by atoms with E-state index in [9.17, 15) is 15.2 Å². The average Bonchev–Trinajstić information content (AvgIpc) is 2.73. The number of nitrogens with one attached hydrogen (secondary N) is 1. The molecule has 0 fully saturated rings. The molecule has 0 aliphatic rings. The number of nitrogens with zero attached hydrogens (tertiary/aromatic N) is 3. The van der Waals surface area contributed by atoms with Crippen LogP contribution in [0.25, 0.3) is 0 Å². The highest BCUT2D eigenvalue weighted by atomic mass is 79.9. The number of aliphatic hydroxyl groups excluding tert-OH is 1. The van der Waals surface area contributed by atoms with Crippen molar-refractivity contribution in [1.29, 1.82) is 0 Å². The van der Waals surface area contributed by atoms with Crippen molar-refractivity contribution >= 4 is 21.9 Å². The summed E-state index contributed by atoms with van der Waals surface area (Å²) in [7, 11) is 0. The lowest BCUT2D eigenvalue weighted by molar-refractivity contribution is -0.397. The SMILES string of the molecule is CC(C)C(Br)NCC(O)Cn1ccnc1[N+](=O)[O-]. The van der Waals surface area contributed by atoms with Crippen molar-refractivity contribution in [3.8, 4) is 0 Å². The monoisotopic (exact) mass is 320 g/mol. The molecule has 0 aliphatic carbocycles. The minimum atomic E-state index is -0.711. The summed E-state index contributed by atoms with van der Waals surface area (Å²) in [4.78, 5) is 13.8. The number of halogens is 1. The first kappa shape index (κ1) is 15.1. The van der Waals surface area contributed by atoms with E-state index in [0.717, 1.165) is 0 Å². The van der Waals surface area contributed by atoms with Gasteiger partial charge in [0.1, 0.15) is 12.4 Å². The molecule has 2 atom stereocenters. The molecule has 1 aromatic rings. The van der Waals surface area contributed by atoms with E-state index in [1.165, 1.54) is 17.0 Å². The van der Waals surface area contributed by atoms with Gasteiger partial charge in [0.05, 0.1) is 17.6 Å². The van der Waals surface area contributed by atoms with E-state index in [1.807, 2.05) is 13.8 Å². The Kier molecular flexibility index (Phi) is 5.70. The molecule has 1 aromatic heterocycles. The van der Waals surface area contributed by atoms with E-state index < -0.39 is 11.0 Å². The van der Waals surface area contributed by atoms with Crippen LogP contribution in [0, 0.1) is 16.0 Å². The first-order chi connectivity index (χ1) is 8.41. The van der Waals surface area contributed by atoms with E-state index in [-0.39, 0.29) is 17.4 Å². The van der Waals surface area contributed by atoms with Crippen LogP contribution < -0.4 is 5.32 Å². The molecule has 2 unspecified atom stereocenters.